The number of alkyl halides is 3. The van der Waals surface area contributed by atoms with E-state index in [0.29, 0.717) is 0 Å². The van der Waals surface area contributed by atoms with Crippen LogP contribution in [0.4, 0.5) is 23.4 Å². The van der Waals surface area contributed by atoms with E-state index < -0.39 is 29.1 Å². The molecule has 0 aliphatic rings. The van der Waals surface area contributed by atoms with E-state index in [-0.39, 0.29) is 22.4 Å². The van der Waals surface area contributed by atoms with Gasteiger partial charge in [-0.15, -0.1) is 0 Å². The Hall–Kier alpha value is -2.62. The first-order valence-corrected chi connectivity index (χ1v) is 7.99. The van der Waals surface area contributed by atoms with Crippen LogP contribution in [0.3, 0.4) is 0 Å². The summed E-state index contributed by atoms with van der Waals surface area (Å²) in [7, 11) is 0. The highest BCUT2D eigenvalue weighted by atomic mass is 35.5. The molecule has 2 aromatic rings. The fourth-order valence-corrected chi connectivity index (χ4v) is 2.01. The number of nitrogens with one attached hydrogen (secondary N) is 3. The van der Waals surface area contributed by atoms with Crippen molar-refractivity contribution < 1.29 is 22.4 Å². The van der Waals surface area contributed by atoms with Gasteiger partial charge in [0.15, 0.2) is 5.82 Å². The summed E-state index contributed by atoms with van der Waals surface area (Å²) in [4.78, 5) is 16.5. The molecule has 0 bridgehead atoms. The Morgan fingerprint density at radius 1 is 1.22 bits per heavy atom. The summed E-state index contributed by atoms with van der Waals surface area (Å²) in [5, 5.41) is 10.1. The van der Waals surface area contributed by atoms with Gasteiger partial charge in [-0.25, -0.2) is 9.38 Å². The predicted octanol–water partition coefficient (Wildman–Crippen LogP) is 4.22. The molecule has 0 aliphatic carbocycles. The van der Waals surface area contributed by atoms with Crippen molar-refractivity contribution in [1.29, 1.82) is 0 Å². The second kappa shape index (κ2) is 7.55. The van der Waals surface area contributed by atoms with Gasteiger partial charge in [-0.3, -0.25) is 15.2 Å². The summed E-state index contributed by atoms with van der Waals surface area (Å²) in [5.74, 6) is -1.86. The van der Waals surface area contributed by atoms with Gasteiger partial charge in [-0.1, -0.05) is 11.6 Å². The Morgan fingerprint density at radius 3 is 2.41 bits per heavy atom. The third-order valence-corrected chi connectivity index (χ3v) is 3.30. The summed E-state index contributed by atoms with van der Waals surface area (Å²) in [6, 6.07) is 4.17. The number of halogens is 5. The van der Waals surface area contributed by atoms with Gasteiger partial charge in [0.2, 0.25) is 5.96 Å². The average Bonchev–Trinajstić information content (AvgIpc) is 2.96. The van der Waals surface area contributed by atoms with E-state index in [1.54, 1.807) is 20.8 Å². The Kier molecular flexibility index (Phi) is 5.79. The highest BCUT2D eigenvalue weighted by molar-refractivity contribution is 6.30. The highest BCUT2D eigenvalue weighted by Crippen LogP contribution is 2.28. The lowest BCUT2D eigenvalue weighted by Gasteiger charge is -2.17. The van der Waals surface area contributed by atoms with E-state index >= 15 is 0 Å². The van der Waals surface area contributed by atoms with Crippen molar-refractivity contribution in [3.05, 3.63) is 46.4 Å². The minimum absolute atomic E-state index is 0.0432. The topological polar surface area (TPSA) is 82.2 Å². The third kappa shape index (κ3) is 5.95. The van der Waals surface area contributed by atoms with Gasteiger partial charge in [0.1, 0.15) is 11.5 Å². The van der Waals surface area contributed by atoms with Gasteiger partial charge in [0, 0.05) is 11.6 Å². The number of hydrogen-bond acceptors (Lipinski definition) is 3. The molecule has 0 radical (unpaired) electrons. The van der Waals surface area contributed by atoms with E-state index in [4.69, 9.17) is 11.6 Å². The van der Waals surface area contributed by atoms with Gasteiger partial charge >= 0.3 is 6.18 Å². The van der Waals surface area contributed by atoms with Crippen LogP contribution in [-0.2, 0) is 6.18 Å². The summed E-state index contributed by atoms with van der Waals surface area (Å²) >= 11 is 5.58. The molecule has 0 spiro atoms. The average molecular weight is 406 g/mol. The molecule has 1 aromatic heterocycles. The predicted molar refractivity (Wildman–Crippen MR) is 93.3 cm³/mol. The zero-order valence-electron chi connectivity index (χ0n) is 14.5. The normalized spacial score (nSPS) is 12.8. The zero-order chi connectivity index (χ0) is 20.4. The third-order valence-electron chi connectivity index (χ3n) is 2.99. The van der Waals surface area contributed by atoms with Crippen LogP contribution in [0.25, 0.3) is 0 Å². The van der Waals surface area contributed by atoms with E-state index in [1.807, 2.05) is 5.10 Å². The van der Waals surface area contributed by atoms with Crippen molar-refractivity contribution in [2.45, 2.75) is 32.5 Å². The van der Waals surface area contributed by atoms with E-state index in [1.165, 1.54) is 12.1 Å². The maximum Gasteiger partial charge on any atom is 0.432 e. The Balaban J connectivity index is 2.24. The first-order valence-electron chi connectivity index (χ1n) is 7.61. The summed E-state index contributed by atoms with van der Waals surface area (Å²) in [5.41, 5.74) is -1.78. The van der Waals surface area contributed by atoms with Crippen LogP contribution in [0.1, 0.15) is 36.8 Å². The first-order chi connectivity index (χ1) is 12.3. The van der Waals surface area contributed by atoms with Gasteiger partial charge in [0.05, 0.1) is 10.6 Å². The second-order valence-electron chi connectivity index (χ2n) is 6.50. The van der Waals surface area contributed by atoms with E-state index in [0.717, 1.165) is 12.1 Å². The van der Waals surface area contributed by atoms with Crippen molar-refractivity contribution in [3.8, 4) is 0 Å². The number of rotatable bonds is 2. The van der Waals surface area contributed by atoms with Crippen LogP contribution in [0.2, 0.25) is 5.02 Å². The number of carbonyl (C=O) groups is 1. The number of guanidine groups is 1. The van der Waals surface area contributed by atoms with Crippen molar-refractivity contribution in [2.75, 3.05) is 5.32 Å². The number of hydrogen-bond donors (Lipinski definition) is 3. The van der Waals surface area contributed by atoms with E-state index in [9.17, 15) is 22.4 Å². The summed E-state index contributed by atoms with van der Waals surface area (Å²) in [6.07, 6.45) is -4.60. The number of aromatic amines is 1. The SMILES string of the molecule is CC(C)(C)N=C(NC(=O)c1ccc(Cl)c(F)c1)Nc1cc(C(F)(F)F)[nH]n1. The van der Waals surface area contributed by atoms with Crippen LogP contribution in [0.5, 0.6) is 0 Å². The molecule has 1 aromatic carbocycles. The number of benzene rings is 1. The van der Waals surface area contributed by atoms with Crippen LogP contribution in [0, 0.1) is 5.82 Å². The fourth-order valence-electron chi connectivity index (χ4n) is 1.89. The second-order valence-corrected chi connectivity index (χ2v) is 6.91. The summed E-state index contributed by atoms with van der Waals surface area (Å²) < 4.78 is 51.5. The Labute approximate surface area is 157 Å². The number of aliphatic imine (C=N–C) groups is 1. The monoisotopic (exact) mass is 405 g/mol. The molecule has 11 heteroatoms. The molecule has 146 valence electrons. The lowest BCUT2D eigenvalue weighted by atomic mass is 10.1. The van der Waals surface area contributed by atoms with Crippen molar-refractivity contribution in [2.24, 2.45) is 4.99 Å². The number of carbonyl (C=O) groups excluding carboxylic acids is 1. The quantitative estimate of drug-likeness (QED) is 0.397. The standard InChI is InChI=1S/C16H16ClF4N5O/c1-15(2,3)24-14(22-12-7-11(25-26-12)16(19,20)21)23-13(27)8-4-5-9(17)10(18)6-8/h4-7H,1-3H3,(H3,22,23,24,25,26,27). The van der Waals surface area contributed by atoms with Crippen molar-refractivity contribution in [1.82, 2.24) is 15.5 Å². The molecular weight excluding hydrogens is 390 g/mol. The van der Waals surface area contributed by atoms with Gasteiger partial charge in [-0.2, -0.15) is 18.3 Å². The van der Waals surface area contributed by atoms with Crippen LogP contribution in [-0.4, -0.2) is 27.6 Å². The van der Waals surface area contributed by atoms with Crippen LogP contribution < -0.4 is 10.6 Å². The molecular formula is C16H16ClF4N5O. The fraction of sp³-hybridized carbons (Fsp3) is 0.312. The Morgan fingerprint density at radius 2 is 1.89 bits per heavy atom. The molecule has 3 N–H and O–H groups in total. The van der Waals surface area contributed by atoms with Crippen molar-refractivity contribution in [3.63, 3.8) is 0 Å². The lowest BCUT2D eigenvalue weighted by Crippen LogP contribution is -2.38. The zero-order valence-corrected chi connectivity index (χ0v) is 15.3. The molecule has 6 nitrogen and oxygen atoms in total. The Bertz CT molecular complexity index is 870. The van der Waals surface area contributed by atoms with Gasteiger partial charge in [-0.05, 0) is 39.0 Å². The molecule has 27 heavy (non-hydrogen) atoms. The molecule has 2 rings (SSSR count). The molecule has 0 unspecified atom stereocenters. The molecule has 1 amide bonds. The molecule has 0 saturated carbocycles. The number of nitrogens with zero attached hydrogens (tertiary/aromatic N) is 2. The van der Waals surface area contributed by atoms with Crippen LogP contribution >= 0.6 is 11.6 Å². The molecule has 0 saturated heterocycles. The van der Waals surface area contributed by atoms with Gasteiger partial charge < -0.3 is 5.32 Å². The van der Waals surface area contributed by atoms with Gasteiger partial charge in [0.25, 0.3) is 5.91 Å². The number of aromatic nitrogens is 2. The minimum Gasteiger partial charge on any atom is -0.309 e. The maximum atomic E-state index is 13.5. The van der Waals surface area contributed by atoms with Crippen LogP contribution in [0.15, 0.2) is 29.3 Å². The molecule has 0 atom stereocenters. The molecule has 0 aliphatic heterocycles. The molecule has 0 fully saturated rings. The maximum absolute atomic E-state index is 13.5. The van der Waals surface area contributed by atoms with Crippen molar-refractivity contribution >= 4 is 29.3 Å². The summed E-state index contributed by atoms with van der Waals surface area (Å²) in [6.45, 7) is 5.15. The number of amides is 1. The number of H-pyrrole nitrogens is 1. The van der Waals surface area contributed by atoms with E-state index in [2.05, 4.69) is 20.7 Å². The first kappa shape index (κ1) is 20.7. The minimum atomic E-state index is -4.60. The highest BCUT2D eigenvalue weighted by Gasteiger charge is 2.33. The molecule has 1 heterocycles. The number of anilines is 1. The largest absolute Gasteiger partial charge is 0.432 e. The lowest BCUT2D eigenvalue weighted by molar-refractivity contribution is -0.141. The smallest absolute Gasteiger partial charge is 0.309 e.